The van der Waals surface area contributed by atoms with E-state index < -0.39 is 0 Å². The summed E-state index contributed by atoms with van der Waals surface area (Å²) in [6.45, 7) is 0. The molecule has 4 nitrogen and oxygen atoms in total. The van der Waals surface area contributed by atoms with Crippen LogP contribution in [0.15, 0.2) is 36.6 Å². The lowest BCUT2D eigenvalue weighted by Gasteiger charge is -2.24. The van der Waals surface area contributed by atoms with Crippen molar-refractivity contribution in [1.82, 2.24) is 10.6 Å². The fourth-order valence-electron chi connectivity index (χ4n) is 1.49. The van der Waals surface area contributed by atoms with E-state index in [0.717, 1.165) is 0 Å². The molecule has 0 fully saturated rings. The van der Waals surface area contributed by atoms with Gasteiger partial charge in [0.15, 0.2) is 0 Å². The topological polar surface area (TPSA) is 58.2 Å². The van der Waals surface area contributed by atoms with Crippen LogP contribution in [0.4, 0.5) is 0 Å². The second-order valence-electron chi connectivity index (χ2n) is 3.17. The smallest absolute Gasteiger partial charge is 0.250 e. The Morgan fingerprint density at radius 2 is 2.00 bits per heavy atom. The molecule has 0 saturated heterocycles. The predicted molar refractivity (Wildman–Crippen MR) is 51.0 cm³/mol. The minimum Gasteiger partial charge on any atom is -0.384 e. The molecule has 4 heteroatoms. The lowest BCUT2D eigenvalue weighted by molar-refractivity contribution is -0.130. The van der Waals surface area contributed by atoms with Crippen molar-refractivity contribution in [2.45, 2.75) is 6.04 Å². The van der Waals surface area contributed by atoms with E-state index in [1.165, 1.54) is 6.08 Å². The third-order valence-corrected chi connectivity index (χ3v) is 2.21. The van der Waals surface area contributed by atoms with E-state index >= 15 is 0 Å². The van der Waals surface area contributed by atoms with E-state index in [9.17, 15) is 9.59 Å². The summed E-state index contributed by atoms with van der Waals surface area (Å²) < 4.78 is 0. The van der Waals surface area contributed by atoms with Gasteiger partial charge in [-0.2, -0.15) is 0 Å². The van der Waals surface area contributed by atoms with Crippen molar-refractivity contribution >= 4 is 11.8 Å². The molecule has 0 aromatic rings. The van der Waals surface area contributed by atoms with E-state index in [2.05, 4.69) is 10.6 Å². The molecule has 0 aliphatic carbocycles. The standard InChI is InChI=1S/C10H10N2O2/c13-9-5-4-7(10(14)12-9)8-3-1-2-6-11-8/h1-8,11H,(H,12,13,14). The van der Waals surface area contributed by atoms with Crippen LogP contribution < -0.4 is 10.6 Å². The largest absolute Gasteiger partial charge is 0.384 e. The Labute approximate surface area is 81.4 Å². The van der Waals surface area contributed by atoms with Crippen LogP contribution in [0.2, 0.25) is 0 Å². The third-order valence-electron chi connectivity index (χ3n) is 2.21. The Morgan fingerprint density at radius 1 is 1.14 bits per heavy atom. The molecule has 2 amide bonds. The van der Waals surface area contributed by atoms with Crippen LogP contribution in [-0.2, 0) is 9.59 Å². The van der Waals surface area contributed by atoms with E-state index in [1.807, 2.05) is 18.2 Å². The fourth-order valence-corrected chi connectivity index (χ4v) is 1.49. The second kappa shape index (κ2) is 3.49. The number of nitrogens with one attached hydrogen (secondary N) is 2. The first-order valence-corrected chi connectivity index (χ1v) is 4.40. The molecule has 2 heterocycles. The number of hydrogen-bond acceptors (Lipinski definition) is 3. The van der Waals surface area contributed by atoms with Crippen molar-refractivity contribution in [2.75, 3.05) is 0 Å². The number of rotatable bonds is 1. The van der Waals surface area contributed by atoms with Crippen molar-refractivity contribution in [3.63, 3.8) is 0 Å². The van der Waals surface area contributed by atoms with Crippen LogP contribution in [0.1, 0.15) is 0 Å². The van der Waals surface area contributed by atoms with Crippen molar-refractivity contribution in [3.8, 4) is 0 Å². The molecular formula is C10H10N2O2. The molecule has 0 radical (unpaired) electrons. The lowest BCUT2D eigenvalue weighted by Crippen LogP contribution is -2.45. The molecule has 0 bridgehead atoms. The molecule has 0 saturated carbocycles. The first kappa shape index (κ1) is 8.74. The highest BCUT2D eigenvalue weighted by atomic mass is 16.2. The van der Waals surface area contributed by atoms with Crippen molar-refractivity contribution < 1.29 is 9.59 Å². The Kier molecular flexibility index (Phi) is 2.18. The van der Waals surface area contributed by atoms with Crippen LogP contribution in [-0.4, -0.2) is 17.9 Å². The van der Waals surface area contributed by atoms with Gasteiger partial charge in [0.2, 0.25) is 11.8 Å². The van der Waals surface area contributed by atoms with Gasteiger partial charge in [-0.15, -0.1) is 0 Å². The van der Waals surface area contributed by atoms with Gasteiger partial charge in [-0.05, 0) is 12.3 Å². The van der Waals surface area contributed by atoms with E-state index in [1.54, 1.807) is 12.3 Å². The van der Waals surface area contributed by atoms with Gasteiger partial charge in [-0.3, -0.25) is 14.9 Å². The SMILES string of the molecule is O=C1C=CC(C2C=CC=CN2)C(=O)N1. The van der Waals surface area contributed by atoms with Crippen molar-refractivity contribution in [3.05, 3.63) is 36.6 Å². The van der Waals surface area contributed by atoms with Crippen LogP contribution in [0.5, 0.6) is 0 Å². The highest BCUT2D eigenvalue weighted by Gasteiger charge is 2.27. The van der Waals surface area contributed by atoms with Crippen LogP contribution >= 0.6 is 0 Å². The van der Waals surface area contributed by atoms with Gasteiger partial charge in [0, 0.05) is 6.08 Å². The van der Waals surface area contributed by atoms with Crippen LogP contribution in [0.25, 0.3) is 0 Å². The number of carbonyl (C=O) groups is 2. The van der Waals surface area contributed by atoms with Gasteiger partial charge < -0.3 is 5.32 Å². The van der Waals surface area contributed by atoms with Crippen LogP contribution in [0.3, 0.4) is 0 Å². The number of allylic oxidation sites excluding steroid dienone is 2. The molecule has 2 unspecified atom stereocenters. The Bertz CT molecular complexity index is 355. The Morgan fingerprint density at radius 3 is 2.64 bits per heavy atom. The maximum atomic E-state index is 11.4. The average molecular weight is 190 g/mol. The zero-order valence-corrected chi connectivity index (χ0v) is 7.44. The number of hydrogen-bond donors (Lipinski definition) is 2. The molecule has 2 aliphatic rings. The molecular weight excluding hydrogens is 180 g/mol. The van der Waals surface area contributed by atoms with Gasteiger partial charge >= 0.3 is 0 Å². The summed E-state index contributed by atoms with van der Waals surface area (Å²) in [5.74, 6) is -0.912. The first-order chi connectivity index (χ1) is 6.77. The summed E-state index contributed by atoms with van der Waals surface area (Å²) in [6.07, 6.45) is 10.4. The van der Waals surface area contributed by atoms with Gasteiger partial charge in [-0.1, -0.05) is 18.2 Å². The minimum atomic E-state index is -0.346. The summed E-state index contributed by atoms with van der Waals surface area (Å²) in [5.41, 5.74) is 0. The summed E-state index contributed by atoms with van der Waals surface area (Å²) in [5, 5.41) is 5.31. The van der Waals surface area contributed by atoms with Gasteiger partial charge in [0.05, 0.1) is 12.0 Å². The van der Waals surface area contributed by atoms with Crippen molar-refractivity contribution in [1.29, 1.82) is 0 Å². The highest BCUT2D eigenvalue weighted by Crippen LogP contribution is 2.13. The lowest BCUT2D eigenvalue weighted by atomic mass is 9.95. The monoisotopic (exact) mass is 190 g/mol. The number of dihydropyridines is 1. The zero-order chi connectivity index (χ0) is 9.97. The fraction of sp³-hybridized carbons (Fsp3) is 0.200. The summed E-state index contributed by atoms with van der Waals surface area (Å²) in [7, 11) is 0. The maximum absolute atomic E-state index is 11.4. The summed E-state index contributed by atoms with van der Waals surface area (Å²) in [6, 6.07) is -0.0654. The van der Waals surface area contributed by atoms with Gasteiger partial charge in [0.25, 0.3) is 0 Å². The average Bonchev–Trinajstić information content (AvgIpc) is 2.19. The Hall–Kier alpha value is -1.84. The molecule has 0 spiro atoms. The van der Waals surface area contributed by atoms with E-state index in [-0.39, 0.29) is 23.8 Å². The summed E-state index contributed by atoms with van der Waals surface area (Å²) >= 11 is 0. The van der Waals surface area contributed by atoms with E-state index in [0.29, 0.717) is 0 Å². The number of amides is 2. The van der Waals surface area contributed by atoms with E-state index in [4.69, 9.17) is 0 Å². The van der Waals surface area contributed by atoms with Crippen LogP contribution in [0, 0.1) is 5.92 Å². The Balaban J connectivity index is 2.14. The van der Waals surface area contributed by atoms with Gasteiger partial charge in [0.1, 0.15) is 0 Å². The quantitative estimate of drug-likeness (QED) is 0.566. The van der Waals surface area contributed by atoms with Gasteiger partial charge in [-0.25, -0.2) is 0 Å². The molecule has 14 heavy (non-hydrogen) atoms. The molecule has 72 valence electrons. The van der Waals surface area contributed by atoms with Crippen molar-refractivity contribution in [2.24, 2.45) is 5.92 Å². The maximum Gasteiger partial charge on any atom is 0.250 e. The first-order valence-electron chi connectivity index (χ1n) is 4.40. The minimum absolute atomic E-state index is 0.0654. The summed E-state index contributed by atoms with van der Waals surface area (Å²) in [4.78, 5) is 22.3. The molecule has 0 aromatic carbocycles. The number of imide groups is 1. The molecule has 2 N–H and O–H groups in total. The molecule has 0 aromatic heterocycles. The second-order valence-corrected chi connectivity index (χ2v) is 3.17. The number of carbonyl (C=O) groups excluding carboxylic acids is 2. The molecule has 2 atom stereocenters. The zero-order valence-electron chi connectivity index (χ0n) is 7.44. The normalized spacial score (nSPS) is 30.0. The predicted octanol–water partition coefficient (Wildman–Crippen LogP) is -0.143. The molecule has 2 aliphatic heterocycles. The third kappa shape index (κ3) is 1.59. The molecule has 2 rings (SSSR count). The highest BCUT2D eigenvalue weighted by molar-refractivity contribution is 6.05.